The Morgan fingerprint density at radius 3 is 2.78 bits per heavy atom. The van der Waals surface area contributed by atoms with E-state index in [1.54, 1.807) is 18.3 Å². The van der Waals surface area contributed by atoms with Crippen LogP contribution in [0.15, 0.2) is 30.6 Å². The van der Waals surface area contributed by atoms with Crippen molar-refractivity contribution in [2.75, 3.05) is 5.32 Å². The SMILES string of the molecule is N#Cc1cnc(Nc2ccc(Cl)nc2)c([NH2+]O)c1. The lowest BCUT2D eigenvalue weighted by atomic mass is 10.2. The average Bonchev–Trinajstić information content (AvgIpc) is 2.41. The first-order valence-electron chi connectivity index (χ1n) is 4.99. The summed E-state index contributed by atoms with van der Waals surface area (Å²) in [4.78, 5) is 7.97. The Morgan fingerprint density at radius 2 is 2.17 bits per heavy atom. The van der Waals surface area contributed by atoms with Gasteiger partial charge in [-0.05, 0) is 12.1 Å². The van der Waals surface area contributed by atoms with Gasteiger partial charge in [0, 0.05) is 12.3 Å². The molecule has 0 bridgehead atoms. The number of anilines is 2. The van der Waals surface area contributed by atoms with Crippen molar-refractivity contribution in [3.63, 3.8) is 0 Å². The third-order valence-electron chi connectivity index (χ3n) is 2.18. The first kappa shape index (κ1) is 12.3. The van der Waals surface area contributed by atoms with Crippen molar-refractivity contribution in [1.82, 2.24) is 9.97 Å². The van der Waals surface area contributed by atoms with Gasteiger partial charge in [-0.15, -0.1) is 0 Å². The highest BCUT2D eigenvalue weighted by Crippen LogP contribution is 2.20. The van der Waals surface area contributed by atoms with Crippen molar-refractivity contribution in [3.8, 4) is 6.07 Å². The standard InChI is InChI=1S/C11H8ClN5O/c12-10-2-1-8(6-14-10)16-11-9(17-18)3-7(4-13)5-15-11/h1-3,5-6,17-18H,(H,15,16)/p+1. The molecule has 0 amide bonds. The van der Waals surface area contributed by atoms with Crippen LogP contribution in [0.3, 0.4) is 0 Å². The number of nitriles is 1. The topological polar surface area (TPSA) is 98.4 Å². The first-order valence-corrected chi connectivity index (χ1v) is 5.37. The van der Waals surface area contributed by atoms with E-state index in [9.17, 15) is 0 Å². The molecule has 0 unspecified atom stereocenters. The fraction of sp³-hybridized carbons (Fsp3) is 0. The van der Waals surface area contributed by atoms with E-state index in [1.807, 2.05) is 6.07 Å². The van der Waals surface area contributed by atoms with Gasteiger partial charge in [-0.1, -0.05) is 11.6 Å². The van der Waals surface area contributed by atoms with Gasteiger partial charge in [-0.25, -0.2) is 15.2 Å². The molecule has 0 fully saturated rings. The Kier molecular flexibility index (Phi) is 3.69. The molecule has 4 N–H and O–H groups in total. The van der Waals surface area contributed by atoms with Gasteiger partial charge >= 0.3 is 0 Å². The Hall–Kier alpha value is -2.20. The molecule has 90 valence electrons. The summed E-state index contributed by atoms with van der Waals surface area (Å²) in [7, 11) is 0. The van der Waals surface area contributed by atoms with Gasteiger partial charge in [0.1, 0.15) is 11.2 Å². The first-order chi connectivity index (χ1) is 8.72. The zero-order valence-electron chi connectivity index (χ0n) is 9.13. The summed E-state index contributed by atoms with van der Waals surface area (Å²) in [5, 5.41) is 21.2. The van der Waals surface area contributed by atoms with Crippen molar-refractivity contribution < 1.29 is 10.7 Å². The lowest BCUT2D eigenvalue weighted by molar-refractivity contribution is -0.825. The molecule has 18 heavy (non-hydrogen) atoms. The van der Waals surface area contributed by atoms with Crippen LogP contribution in [0.1, 0.15) is 5.56 Å². The van der Waals surface area contributed by atoms with Crippen molar-refractivity contribution >= 4 is 28.8 Å². The van der Waals surface area contributed by atoms with E-state index >= 15 is 0 Å². The van der Waals surface area contributed by atoms with E-state index < -0.39 is 0 Å². The number of hydrogen-bond donors (Lipinski definition) is 3. The van der Waals surface area contributed by atoms with Crippen molar-refractivity contribution in [2.45, 2.75) is 0 Å². The summed E-state index contributed by atoms with van der Waals surface area (Å²) < 4.78 is 0. The van der Waals surface area contributed by atoms with Crippen LogP contribution in [0.25, 0.3) is 0 Å². The molecule has 2 rings (SSSR count). The molecule has 0 saturated carbocycles. The second kappa shape index (κ2) is 5.42. The van der Waals surface area contributed by atoms with Gasteiger partial charge in [-0.2, -0.15) is 10.7 Å². The summed E-state index contributed by atoms with van der Waals surface area (Å²) >= 11 is 5.68. The van der Waals surface area contributed by atoms with E-state index in [1.165, 1.54) is 12.3 Å². The molecular weight excluding hydrogens is 254 g/mol. The summed E-state index contributed by atoms with van der Waals surface area (Å²) in [5.41, 5.74) is 2.36. The third kappa shape index (κ3) is 2.73. The van der Waals surface area contributed by atoms with Crippen LogP contribution >= 0.6 is 11.6 Å². The number of halogens is 1. The molecular formula is C11H9ClN5O+. The number of rotatable bonds is 3. The molecule has 0 aromatic carbocycles. The Morgan fingerprint density at radius 1 is 1.33 bits per heavy atom. The monoisotopic (exact) mass is 262 g/mol. The molecule has 0 spiro atoms. The zero-order valence-corrected chi connectivity index (χ0v) is 9.89. The number of quaternary nitrogens is 1. The third-order valence-corrected chi connectivity index (χ3v) is 2.40. The predicted octanol–water partition coefficient (Wildman–Crippen LogP) is 1.33. The van der Waals surface area contributed by atoms with Gasteiger partial charge in [0.2, 0.25) is 5.69 Å². The Balaban J connectivity index is 2.29. The molecule has 2 heterocycles. The lowest BCUT2D eigenvalue weighted by Gasteiger charge is -2.06. The molecule has 6 nitrogen and oxygen atoms in total. The maximum Gasteiger partial charge on any atom is 0.206 e. The smallest absolute Gasteiger partial charge is 0.206 e. The quantitative estimate of drug-likeness (QED) is 0.572. The summed E-state index contributed by atoms with van der Waals surface area (Å²) in [6, 6.07) is 6.84. The largest absolute Gasteiger partial charge is 0.334 e. The Bertz CT molecular complexity index is 593. The van der Waals surface area contributed by atoms with Crippen molar-refractivity contribution in [3.05, 3.63) is 41.3 Å². The molecule has 0 saturated heterocycles. The van der Waals surface area contributed by atoms with Crippen LogP contribution in [0.2, 0.25) is 5.15 Å². The molecule has 0 aliphatic heterocycles. The highest BCUT2D eigenvalue weighted by Gasteiger charge is 2.09. The number of nitrogens with one attached hydrogen (secondary N) is 1. The second-order valence-electron chi connectivity index (χ2n) is 3.40. The van der Waals surface area contributed by atoms with Crippen LogP contribution in [-0.4, -0.2) is 15.2 Å². The van der Waals surface area contributed by atoms with Crippen molar-refractivity contribution in [1.29, 1.82) is 5.26 Å². The highest BCUT2D eigenvalue weighted by atomic mass is 35.5. The zero-order chi connectivity index (χ0) is 13.0. The van der Waals surface area contributed by atoms with Crippen molar-refractivity contribution in [2.24, 2.45) is 0 Å². The predicted molar refractivity (Wildman–Crippen MR) is 64.9 cm³/mol. The molecule has 0 atom stereocenters. The van der Waals surface area contributed by atoms with Gasteiger partial charge in [-0.3, -0.25) is 0 Å². The van der Waals surface area contributed by atoms with Gasteiger partial charge in [0.05, 0.1) is 17.4 Å². The second-order valence-corrected chi connectivity index (χ2v) is 3.78. The van der Waals surface area contributed by atoms with Gasteiger partial charge in [0.25, 0.3) is 0 Å². The maximum absolute atomic E-state index is 9.11. The summed E-state index contributed by atoms with van der Waals surface area (Å²) in [5.74, 6) is 0.431. The minimum atomic E-state index is 0.370. The molecule has 0 aliphatic carbocycles. The minimum absolute atomic E-state index is 0.370. The summed E-state index contributed by atoms with van der Waals surface area (Å²) in [6.07, 6.45) is 2.96. The fourth-order valence-electron chi connectivity index (χ4n) is 1.33. The van der Waals surface area contributed by atoms with Crippen LogP contribution in [0.5, 0.6) is 0 Å². The fourth-order valence-corrected chi connectivity index (χ4v) is 1.44. The highest BCUT2D eigenvalue weighted by molar-refractivity contribution is 6.29. The number of hydrogen-bond acceptors (Lipinski definition) is 5. The van der Waals surface area contributed by atoms with E-state index in [0.717, 1.165) is 5.48 Å². The van der Waals surface area contributed by atoms with E-state index in [4.69, 9.17) is 22.1 Å². The van der Waals surface area contributed by atoms with E-state index in [2.05, 4.69) is 15.3 Å². The molecule has 7 heteroatoms. The van der Waals surface area contributed by atoms with Gasteiger partial charge < -0.3 is 5.32 Å². The number of nitrogens with two attached hydrogens (primary N) is 1. The maximum atomic E-state index is 9.11. The van der Waals surface area contributed by atoms with Crippen LogP contribution < -0.4 is 10.8 Å². The van der Waals surface area contributed by atoms with E-state index in [0.29, 0.717) is 27.9 Å². The lowest BCUT2D eigenvalue weighted by Crippen LogP contribution is -2.74. The number of pyridine rings is 2. The molecule has 0 aliphatic rings. The van der Waals surface area contributed by atoms with Gasteiger partial charge in [0.15, 0.2) is 5.82 Å². The Labute approximate surface area is 108 Å². The number of aromatic nitrogens is 2. The number of nitrogens with zero attached hydrogens (tertiary/aromatic N) is 3. The van der Waals surface area contributed by atoms with Crippen LogP contribution in [0.4, 0.5) is 17.2 Å². The van der Waals surface area contributed by atoms with Crippen LogP contribution in [-0.2, 0) is 0 Å². The average molecular weight is 263 g/mol. The normalized spacial score (nSPS) is 9.83. The minimum Gasteiger partial charge on any atom is -0.334 e. The summed E-state index contributed by atoms with van der Waals surface area (Å²) in [6.45, 7) is 0. The van der Waals surface area contributed by atoms with Crippen LogP contribution in [0, 0.1) is 11.3 Å². The van der Waals surface area contributed by atoms with E-state index in [-0.39, 0.29) is 0 Å². The molecule has 2 aromatic heterocycles. The molecule has 0 radical (unpaired) electrons. The molecule has 2 aromatic rings.